The van der Waals surface area contributed by atoms with Gasteiger partial charge in [-0.3, -0.25) is 0 Å². The number of hydrogen-bond acceptors (Lipinski definition) is 2. The van der Waals surface area contributed by atoms with Crippen LogP contribution in [0.4, 0.5) is 5.69 Å². The predicted octanol–water partition coefficient (Wildman–Crippen LogP) is 1.98. The van der Waals surface area contributed by atoms with Crippen LogP contribution < -0.4 is 10.1 Å². The zero-order valence-corrected chi connectivity index (χ0v) is 7.00. The van der Waals surface area contributed by atoms with E-state index < -0.39 is 0 Å². The number of rotatable bonds is 1. The molecule has 1 aliphatic heterocycles. The van der Waals surface area contributed by atoms with Crippen molar-refractivity contribution in [2.24, 2.45) is 0 Å². The topological polar surface area (TPSA) is 21.3 Å². The number of para-hydroxylation sites is 1. The van der Waals surface area contributed by atoms with Gasteiger partial charge in [0.1, 0.15) is 5.75 Å². The van der Waals surface area contributed by atoms with E-state index in [1.165, 1.54) is 17.7 Å². The first-order valence-corrected chi connectivity index (χ1v) is 4.33. The van der Waals surface area contributed by atoms with Crippen LogP contribution in [0.1, 0.15) is 17.9 Å². The third kappa shape index (κ3) is 0.649. The Morgan fingerprint density at radius 3 is 3.25 bits per heavy atom. The van der Waals surface area contributed by atoms with Crippen LogP contribution in [0.5, 0.6) is 5.75 Å². The number of ether oxygens (including phenoxy) is 1. The second-order valence-corrected chi connectivity index (χ2v) is 3.52. The summed E-state index contributed by atoms with van der Waals surface area (Å²) < 4.78 is 5.26. The lowest BCUT2D eigenvalue weighted by atomic mass is 10.1. The van der Waals surface area contributed by atoms with Crippen molar-refractivity contribution in [3.63, 3.8) is 0 Å². The fourth-order valence-corrected chi connectivity index (χ4v) is 2.07. The van der Waals surface area contributed by atoms with E-state index in [0.717, 1.165) is 11.7 Å². The molecule has 0 amide bonds. The van der Waals surface area contributed by atoms with Gasteiger partial charge in [0, 0.05) is 12.0 Å². The molecule has 2 nitrogen and oxygen atoms in total. The second kappa shape index (κ2) is 1.94. The number of fused-ring (bicyclic) bond motifs is 3. The maximum atomic E-state index is 5.26. The van der Waals surface area contributed by atoms with Gasteiger partial charge in [0.15, 0.2) is 0 Å². The molecule has 2 unspecified atom stereocenters. The van der Waals surface area contributed by atoms with Crippen LogP contribution in [-0.2, 0) is 0 Å². The summed E-state index contributed by atoms with van der Waals surface area (Å²) in [4.78, 5) is 0. The lowest BCUT2D eigenvalue weighted by molar-refractivity contribution is 0.416. The Morgan fingerprint density at radius 2 is 2.42 bits per heavy atom. The smallest absolute Gasteiger partial charge is 0.142 e. The van der Waals surface area contributed by atoms with Crippen molar-refractivity contribution < 1.29 is 4.74 Å². The molecule has 0 spiro atoms. The van der Waals surface area contributed by atoms with Crippen molar-refractivity contribution in [3.8, 4) is 5.75 Å². The van der Waals surface area contributed by atoms with Crippen LogP contribution in [-0.4, -0.2) is 13.2 Å². The van der Waals surface area contributed by atoms with Crippen LogP contribution in [0.3, 0.4) is 0 Å². The molecule has 1 heterocycles. The van der Waals surface area contributed by atoms with Gasteiger partial charge in [-0.1, -0.05) is 12.1 Å². The first kappa shape index (κ1) is 6.35. The molecule has 3 rings (SSSR count). The first-order valence-electron chi connectivity index (χ1n) is 4.33. The Bertz CT molecular complexity index is 335. The molecular formula is C10H11NO. The van der Waals surface area contributed by atoms with E-state index in [-0.39, 0.29) is 0 Å². The highest BCUT2D eigenvalue weighted by Gasteiger charge is 2.46. The standard InChI is InChI=1S/C10H11NO/c1-12-9-4-2-3-6-7-5-8(7)11-10(6)9/h2-4,7-8,11H,5H2,1H3. The third-order valence-corrected chi connectivity index (χ3v) is 2.80. The number of benzene rings is 1. The van der Waals surface area contributed by atoms with E-state index in [0.29, 0.717) is 6.04 Å². The summed E-state index contributed by atoms with van der Waals surface area (Å²) in [5, 5.41) is 3.47. The normalized spacial score (nSPS) is 28.8. The molecule has 62 valence electrons. The van der Waals surface area contributed by atoms with Crippen molar-refractivity contribution >= 4 is 5.69 Å². The Hall–Kier alpha value is -1.18. The molecule has 2 atom stereocenters. The van der Waals surface area contributed by atoms with Crippen LogP contribution >= 0.6 is 0 Å². The SMILES string of the molecule is COc1cccc2c1NC1CC21. The summed E-state index contributed by atoms with van der Waals surface area (Å²) in [6, 6.07) is 6.98. The Kier molecular flexibility index (Phi) is 1.03. The number of hydrogen-bond donors (Lipinski definition) is 1. The largest absolute Gasteiger partial charge is 0.495 e. The molecule has 1 aromatic carbocycles. The van der Waals surface area contributed by atoms with E-state index in [2.05, 4.69) is 17.4 Å². The van der Waals surface area contributed by atoms with Gasteiger partial charge in [-0.2, -0.15) is 0 Å². The van der Waals surface area contributed by atoms with Gasteiger partial charge in [0.2, 0.25) is 0 Å². The lowest BCUT2D eigenvalue weighted by Crippen LogP contribution is -1.98. The number of methoxy groups -OCH3 is 1. The van der Waals surface area contributed by atoms with E-state index in [1.807, 2.05) is 6.07 Å². The minimum atomic E-state index is 0.705. The molecule has 1 saturated carbocycles. The molecule has 0 aromatic heterocycles. The van der Waals surface area contributed by atoms with Crippen molar-refractivity contribution in [2.45, 2.75) is 18.4 Å². The summed E-state index contributed by atoms with van der Waals surface area (Å²) in [6.07, 6.45) is 1.31. The number of anilines is 1. The molecule has 0 saturated heterocycles. The van der Waals surface area contributed by atoms with Gasteiger partial charge in [-0.05, 0) is 18.1 Å². The minimum absolute atomic E-state index is 0.705. The Balaban J connectivity index is 2.16. The molecule has 1 aromatic rings. The van der Waals surface area contributed by atoms with E-state index in [9.17, 15) is 0 Å². The molecule has 2 aliphatic rings. The van der Waals surface area contributed by atoms with E-state index in [4.69, 9.17) is 4.74 Å². The summed E-state index contributed by atoms with van der Waals surface area (Å²) in [5.41, 5.74) is 2.67. The molecular weight excluding hydrogens is 150 g/mol. The lowest BCUT2D eigenvalue weighted by Gasteiger charge is -2.09. The maximum Gasteiger partial charge on any atom is 0.142 e. The van der Waals surface area contributed by atoms with Gasteiger partial charge in [0.05, 0.1) is 12.8 Å². The molecule has 12 heavy (non-hydrogen) atoms. The second-order valence-electron chi connectivity index (χ2n) is 3.52. The van der Waals surface area contributed by atoms with Crippen LogP contribution in [0.15, 0.2) is 18.2 Å². The Labute approximate surface area is 71.5 Å². The summed E-state index contributed by atoms with van der Waals surface area (Å²) in [6.45, 7) is 0. The minimum Gasteiger partial charge on any atom is -0.495 e. The first-order chi connectivity index (χ1) is 5.90. The molecule has 1 N–H and O–H groups in total. The highest BCUT2D eigenvalue weighted by molar-refractivity contribution is 5.70. The summed E-state index contributed by atoms with van der Waals surface area (Å²) in [7, 11) is 1.72. The molecule has 1 fully saturated rings. The van der Waals surface area contributed by atoms with Gasteiger partial charge >= 0.3 is 0 Å². The van der Waals surface area contributed by atoms with Gasteiger partial charge < -0.3 is 10.1 Å². The van der Waals surface area contributed by atoms with Crippen molar-refractivity contribution in [1.82, 2.24) is 0 Å². The molecule has 0 radical (unpaired) electrons. The van der Waals surface area contributed by atoms with Crippen molar-refractivity contribution in [1.29, 1.82) is 0 Å². The monoisotopic (exact) mass is 161 g/mol. The van der Waals surface area contributed by atoms with E-state index in [1.54, 1.807) is 7.11 Å². The van der Waals surface area contributed by atoms with Gasteiger partial charge in [-0.15, -0.1) is 0 Å². The zero-order valence-electron chi connectivity index (χ0n) is 7.00. The third-order valence-electron chi connectivity index (χ3n) is 2.80. The average Bonchev–Trinajstić information content (AvgIpc) is 2.78. The summed E-state index contributed by atoms with van der Waals surface area (Å²) in [5.74, 6) is 1.76. The van der Waals surface area contributed by atoms with Gasteiger partial charge in [-0.25, -0.2) is 0 Å². The molecule has 2 heteroatoms. The van der Waals surface area contributed by atoms with Crippen LogP contribution in [0.2, 0.25) is 0 Å². The summed E-state index contributed by atoms with van der Waals surface area (Å²) >= 11 is 0. The van der Waals surface area contributed by atoms with Crippen LogP contribution in [0, 0.1) is 0 Å². The van der Waals surface area contributed by atoms with Gasteiger partial charge in [0.25, 0.3) is 0 Å². The maximum absolute atomic E-state index is 5.26. The zero-order chi connectivity index (χ0) is 8.13. The van der Waals surface area contributed by atoms with Crippen molar-refractivity contribution in [2.75, 3.05) is 12.4 Å². The average molecular weight is 161 g/mol. The van der Waals surface area contributed by atoms with Crippen molar-refractivity contribution in [3.05, 3.63) is 23.8 Å². The fraction of sp³-hybridized carbons (Fsp3) is 0.400. The highest BCUT2D eigenvalue weighted by atomic mass is 16.5. The molecule has 0 bridgehead atoms. The quantitative estimate of drug-likeness (QED) is 0.680. The molecule has 1 aliphatic carbocycles. The highest BCUT2D eigenvalue weighted by Crippen LogP contribution is 2.54. The number of nitrogens with one attached hydrogen (secondary N) is 1. The Morgan fingerprint density at radius 1 is 1.50 bits per heavy atom. The van der Waals surface area contributed by atoms with E-state index >= 15 is 0 Å². The fourth-order valence-electron chi connectivity index (χ4n) is 2.07. The predicted molar refractivity (Wildman–Crippen MR) is 47.8 cm³/mol. The van der Waals surface area contributed by atoms with Crippen LogP contribution in [0.25, 0.3) is 0 Å².